The van der Waals surface area contributed by atoms with Crippen LogP contribution in [0, 0.1) is 0 Å². The Labute approximate surface area is 151 Å². The molecule has 0 bridgehead atoms. The normalized spacial score (nSPS) is 20.9. The summed E-state index contributed by atoms with van der Waals surface area (Å²) in [5, 5.41) is 9.29. The lowest BCUT2D eigenvalue weighted by atomic mass is 10.1. The number of imidazole rings is 1. The van der Waals surface area contributed by atoms with Crippen molar-refractivity contribution in [1.29, 1.82) is 0 Å². The number of aromatic carboxylic acids is 1. The number of hydrogen-bond acceptors (Lipinski definition) is 5. The van der Waals surface area contributed by atoms with E-state index in [0.29, 0.717) is 13.1 Å². The van der Waals surface area contributed by atoms with Crippen LogP contribution in [-0.4, -0.2) is 75.7 Å². The Kier molecular flexibility index (Phi) is 4.60. The zero-order chi connectivity index (χ0) is 18.1. The van der Waals surface area contributed by atoms with Crippen molar-refractivity contribution in [3.05, 3.63) is 29.6 Å². The molecule has 1 amide bonds. The molecule has 1 atom stereocenters. The summed E-state index contributed by atoms with van der Waals surface area (Å²) in [5.41, 5.74) is 1.90. The smallest absolute Gasteiger partial charge is 0.335 e. The van der Waals surface area contributed by atoms with Crippen molar-refractivity contribution >= 4 is 23.4 Å². The van der Waals surface area contributed by atoms with E-state index in [0.717, 1.165) is 62.5 Å². The number of rotatable bonds is 6. The zero-order valence-corrected chi connectivity index (χ0v) is 14.5. The lowest BCUT2D eigenvalue weighted by Gasteiger charge is -2.33. The highest BCUT2D eigenvalue weighted by atomic mass is 16.5. The maximum Gasteiger partial charge on any atom is 0.335 e. The average molecular weight is 358 g/mol. The van der Waals surface area contributed by atoms with Crippen molar-refractivity contribution in [1.82, 2.24) is 19.4 Å². The third-order valence-corrected chi connectivity index (χ3v) is 5.17. The van der Waals surface area contributed by atoms with E-state index in [4.69, 9.17) is 9.72 Å². The second kappa shape index (κ2) is 7.05. The van der Waals surface area contributed by atoms with E-state index in [1.807, 2.05) is 0 Å². The SMILES string of the molecule is O=CN1CCN(Cc2nc3ccc(C(=O)O)cc3n2CC2CCO2)CC1. The van der Waals surface area contributed by atoms with Gasteiger partial charge in [-0.2, -0.15) is 0 Å². The molecule has 2 aromatic rings. The molecule has 0 radical (unpaired) electrons. The second-order valence-corrected chi connectivity index (χ2v) is 6.85. The molecule has 2 aliphatic heterocycles. The molecule has 1 unspecified atom stereocenters. The Hall–Kier alpha value is -2.45. The predicted molar refractivity (Wildman–Crippen MR) is 94.0 cm³/mol. The van der Waals surface area contributed by atoms with Crippen molar-refractivity contribution in [2.75, 3.05) is 32.8 Å². The molecule has 4 rings (SSSR count). The van der Waals surface area contributed by atoms with Crippen LogP contribution in [0.3, 0.4) is 0 Å². The summed E-state index contributed by atoms with van der Waals surface area (Å²) in [6.07, 6.45) is 2.07. The minimum atomic E-state index is -0.939. The number of nitrogens with zero attached hydrogens (tertiary/aromatic N) is 4. The Morgan fingerprint density at radius 2 is 2.08 bits per heavy atom. The van der Waals surface area contributed by atoms with Gasteiger partial charge in [-0.3, -0.25) is 9.69 Å². The van der Waals surface area contributed by atoms with Crippen molar-refractivity contribution in [3.63, 3.8) is 0 Å². The fraction of sp³-hybridized carbons (Fsp3) is 0.500. The number of aromatic nitrogens is 2. The van der Waals surface area contributed by atoms with Gasteiger partial charge in [-0.15, -0.1) is 0 Å². The van der Waals surface area contributed by atoms with E-state index in [2.05, 4.69) is 9.47 Å². The monoisotopic (exact) mass is 358 g/mol. The number of fused-ring (bicyclic) bond motifs is 1. The molecule has 0 saturated carbocycles. The van der Waals surface area contributed by atoms with Crippen LogP contribution in [0.15, 0.2) is 18.2 Å². The first-order valence-corrected chi connectivity index (χ1v) is 8.90. The van der Waals surface area contributed by atoms with Crippen LogP contribution < -0.4 is 0 Å². The number of ether oxygens (including phenoxy) is 1. The van der Waals surface area contributed by atoms with Crippen LogP contribution in [0.2, 0.25) is 0 Å². The number of carbonyl (C=O) groups is 2. The lowest BCUT2D eigenvalue weighted by molar-refractivity contribution is -0.119. The van der Waals surface area contributed by atoms with Gasteiger partial charge < -0.3 is 19.3 Å². The van der Waals surface area contributed by atoms with Gasteiger partial charge in [0.1, 0.15) is 5.82 Å². The van der Waals surface area contributed by atoms with Gasteiger partial charge in [0.05, 0.1) is 35.8 Å². The number of carboxylic acids is 1. The van der Waals surface area contributed by atoms with Crippen molar-refractivity contribution < 1.29 is 19.4 Å². The number of piperazine rings is 1. The van der Waals surface area contributed by atoms with Gasteiger partial charge in [0.15, 0.2) is 0 Å². The lowest BCUT2D eigenvalue weighted by Crippen LogP contribution is -2.45. The predicted octanol–water partition coefficient (Wildman–Crippen LogP) is 0.797. The molecule has 0 aliphatic carbocycles. The van der Waals surface area contributed by atoms with Crippen LogP contribution in [0.25, 0.3) is 11.0 Å². The second-order valence-electron chi connectivity index (χ2n) is 6.85. The van der Waals surface area contributed by atoms with Crippen LogP contribution in [-0.2, 0) is 22.6 Å². The van der Waals surface area contributed by atoms with E-state index in [1.165, 1.54) is 0 Å². The third-order valence-electron chi connectivity index (χ3n) is 5.17. The number of amides is 1. The largest absolute Gasteiger partial charge is 0.478 e. The molecule has 8 heteroatoms. The average Bonchev–Trinajstić information content (AvgIpc) is 2.95. The summed E-state index contributed by atoms with van der Waals surface area (Å²) in [6.45, 7) is 5.20. The third kappa shape index (κ3) is 3.30. The molecule has 1 N–H and O–H groups in total. The van der Waals surface area contributed by atoms with E-state index >= 15 is 0 Å². The molecule has 1 aromatic heterocycles. The van der Waals surface area contributed by atoms with Crippen LogP contribution in [0.1, 0.15) is 22.6 Å². The number of benzene rings is 1. The van der Waals surface area contributed by atoms with Crippen molar-refractivity contribution in [2.24, 2.45) is 0 Å². The van der Waals surface area contributed by atoms with Crippen molar-refractivity contribution in [2.45, 2.75) is 25.6 Å². The first-order chi connectivity index (χ1) is 12.6. The van der Waals surface area contributed by atoms with Gasteiger partial charge in [-0.25, -0.2) is 9.78 Å². The van der Waals surface area contributed by atoms with E-state index in [-0.39, 0.29) is 11.7 Å². The molecule has 8 nitrogen and oxygen atoms in total. The maximum atomic E-state index is 11.3. The zero-order valence-electron chi connectivity index (χ0n) is 14.5. The Morgan fingerprint density at radius 3 is 2.69 bits per heavy atom. The molecule has 2 aliphatic rings. The Balaban J connectivity index is 1.62. The minimum Gasteiger partial charge on any atom is -0.478 e. The Bertz CT molecular complexity index is 822. The number of hydrogen-bond donors (Lipinski definition) is 1. The molecule has 138 valence electrons. The van der Waals surface area contributed by atoms with Gasteiger partial charge in [0.2, 0.25) is 6.41 Å². The van der Waals surface area contributed by atoms with Gasteiger partial charge in [0.25, 0.3) is 0 Å². The fourth-order valence-corrected chi connectivity index (χ4v) is 3.49. The highest BCUT2D eigenvalue weighted by molar-refractivity contribution is 5.92. The van der Waals surface area contributed by atoms with Crippen LogP contribution in [0.4, 0.5) is 0 Å². The molecular weight excluding hydrogens is 336 g/mol. The molecule has 0 spiro atoms. The molecule has 2 fully saturated rings. The number of carbonyl (C=O) groups excluding carboxylic acids is 1. The maximum absolute atomic E-state index is 11.3. The quantitative estimate of drug-likeness (QED) is 0.769. The van der Waals surface area contributed by atoms with E-state index in [9.17, 15) is 14.7 Å². The highest BCUT2D eigenvalue weighted by Crippen LogP contribution is 2.23. The van der Waals surface area contributed by atoms with Crippen LogP contribution >= 0.6 is 0 Å². The van der Waals surface area contributed by atoms with Gasteiger partial charge in [0, 0.05) is 32.8 Å². The summed E-state index contributed by atoms with van der Waals surface area (Å²) in [6, 6.07) is 5.05. The summed E-state index contributed by atoms with van der Waals surface area (Å²) in [7, 11) is 0. The summed E-state index contributed by atoms with van der Waals surface area (Å²) < 4.78 is 7.68. The first kappa shape index (κ1) is 17.0. The summed E-state index contributed by atoms with van der Waals surface area (Å²) in [4.78, 5) is 31.0. The minimum absolute atomic E-state index is 0.159. The van der Waals surface area contributed by atoms with E-state index in [1.54, 1.807) is 23.1 Å². The molecule has 2 saturated heterocycles. The van der Waals surface area contributed by atoms with Crippen LogP contribution in [0.5, 0.6) is 0 Å². The fourth-order valence-electron chi connectivity index (χ4n) is 3.49. The Morgan fingerprint density at radius 1 is 1.31 bits per heavy atom. The number of carboxylic acid groups (broad SMARTS) is 1. The van der Waals surface area contributed by atoms with Gasteiger partial charge >= 0.3 is 5.97 Å². The van der Waals surface area contributed by atoms with E-state index < -0.39 is 5.97 Å². The molecule has 26 heavy (non-hydrogen) atoms. The van der Waals surface area contributed by atoms with Crippen molar-refractivity contribution in [3.8, 4) is 0 Å². The summed E-state index contributed by atoms with van der Waals surface area (Å²) >= 11 is 0. The molecule has 1 aromatic carbocycles. The molecular formula is C18H22N4O4. The topological polar surface area (TPSA) is 87.9 Å². The highest BCUT2D eigenvalue weighted by Gasteiger charge is 2.24. The van der Waals surface area contributed by atoms with Gasteiger partial charge in [-0.05, 0) is 24.6 Å². The summed E-state index contributed by atoms with van der Waals surface area (Å²) in [5.74, 6) is -0.0244. The standard InChI is InChI=1S/C18H22N4O4/c23-12-21-6-4-20(5-7-21)11-17-19-15-2-1-13(18(24)25)9-16(15)22(17)10-14-3-8-26-14/h1-2,9,12,14H,3-8,10-11H2,(H,24,25). The first-order valence-electron chi connectivity index (χ1n) is 8.90. The van der Waals surface area contributed by atoms with Gasteiger partial charge in [-0.1, -0.05) is 0 Å². The molecule has 3 heterocycles.